The van der Waals surface area contributed by atoms with Gasteiger partial charge in [0.05, 0.1) is 35.0 Å². The van der Waals surface area contributed by atoms with E-state index in [2.05, 4.69) is 10.2 Å². The Morgan fingerprint density at radius 3 is 2.44 bits per heavy atom. The number of rotatable bonds is 7. The number of amides is 1. The first-order valence-corrected chi connectivity index (χ1v) is 9.32. The van der Waals surface area contributed by atoms with Crippen LogP contribution in [0.5, 0.6) is 0 Å². The van der Waals surface area contributed by atoms with E-state index >= 15 is 0 Å². The van der Waals surface area contributed by atoms with Gasteiger partial charge in [0.25, 0.3) is 5.91 Å². The maximum Gasteiger partial charge on any atom is 0.277 e. The van der Waals surface area contributed by atoms with Gasteiger partial charge in [0.1, 0.15) is 5.82 Å². The standard InChI is InChI=1S/C16H15F3N2O5S/c1-27(24,25)9-2-5-13(12(18)8-9)20-15-10(3-4-11(17)14(15)19)16(23)21-26-7-6-22/h2-5,8,20,22H,6-7H2,1H3,(H,21,23). The number of anilines is 2. The van der Waals surface area contributed by atoms with Gasteiger partial charge in [0.15, 0.2) is 21.5 Å². The summed E-state index contributed by atoms with van der Waals surface area (Å²) in [7, 11) is -3.67. The number of hydroxylamine groups is 1. The first-order chi connectivity index (χ1) is 12.6. The van der Waals surface area contributed by atoms with Gasteiger partial charge in [0.2, 0.25) is 0 Å². The number of carbonyl (C=O) groups is 1. The van der Waals surface area contributed by atoms with Crippen molar-refractivity contribution in [2.45, 2.75) is 4.90 Å². The maximum atomic E-state index is 14.2. The number of hydrogen-bond donors (Lipinski definition) is 3. The number of nitrogens with one attached hydrogen (secondary N) is 2. The maximum absolute atomic E-state index is 14.2. The van der Waals surface area contributed by atoms with Gasteiger partial charge in [-0.25, -0.2) is 27.1 Å². The van der Waals surface area contributed by atoms with Crippen LogP contribution < -0.4 is 10.8 Å². The van der Waals surface area contributed by atoms with E-state index in [1.54, 1.807) is 0 Å². The third kappa shape index (κ3) is 4.96. The molecule has 2 aromatic carbocycles. The number of carbonyl (C=O) groups excluding carboxylic acids is 1. The molecule has 146 valence electrons. The quantitative estimate of drug-likeness (QED) is 0.481. The number of aliphatic hydroxyl groups is 1. The fraction of sp³-hybridized carbons (Fsp3) is 0.188. The zero-order valence-corrected chi connectivity index (χ0v) is 14.7. The summed E-state index contributed by atoms with van der Waals surface area (Å²) < 4.78 is 64.8. The van der Waals surface area contributed by atoms with Crippen molar-refractivity contribution in [3.63, 3.8) is 0 Å². The largest absolute Gasteiger partial charge is 0.394 e. The Morgan fingerprint density at radius 1 is 1.15 bits per heavy atom. The monoisotopic (exact) mass is 404 g/mol. The summed E-state index contributed by atoms with van der Waals surface area (Å²) >= 11 is 0. The normalized spacial score (nSPS) is 11.3. The van der Waals surface area contributed by atoms with Crippen molar-refractivity contribution in [2.75, 3.05) is 24.8 Å². The van der Waals surface area contributed by atoms with Gasteiger partial charge in [-0.2, -0.15) is 0 Å². The number of aliphatic hydroxyl groups excluding tert-OH is 1. The predicted octanol–water partition coefficient (Wildman–Crippen LogP) is 1.90. The second-order valence-corrected chi connectivity index (χ2v) is 7.34. The Morgan fingerprint density at radius 2 is 1.85 bits per heavy atom. The fourth-order valence-electron chi connectivity index (χ4n) is 2.04. The van der Waals surface area contributed by atoms with E-state index in [0.29, 0.717) is 12.1 Å². The molecule has 0 saturated heterocycles. The Balaban J connectivity index is 2.40. The average molecular weight is 404 g/mol. The van der Waals surface area contributed by atoms with E-state index in [0.717, 1.165) is 24.5 Å². The van der Waals surface area contributed by atoms with Crippen molar-refractivity contribution in [1.82, 2.24) is 5.48 Å². The molecule has 0 fully saturated rings. The number of benzene rings is 2. The van der Waals surface area contributed by atoms with E-state index < -0.39 is 44.4 Å². The number of hydrogen-bond acceptors (Lipinski definition) is 6. The molecule has 0 heterocycles. The van der Waals surface area contributed by atoms with Crippen LogP contribution in [0.2, 0.25) is 0 Å². The lowest BCUT2D eigenvalue weighted by molar-refractivity contribution is 0.0168. The molecule has 0 bridgehead atoms. The van der Waals surface area contributed by atoms with E-state index in [9.17, 15) is 26.4 Å². The van der Waals surface area contributed by atoms with Crippen LogP contribution in [0.25, 0.3) is 0 Å². The second-order valence-electron chi connectivity index (χ2n) is 5.33. The Labute approximate surface area is 152 Å². The Kier molecular flexibility index (Phi) is 6.41. The van der Waals surface area contributed by atoms with Crippen LogP contribution in [0.15, 0.2) is 35.2 Å². The summed E-state index contributed by atoms with van der Waals surface area (Å²) in [5, 5.41) is 10.9. The summed E-state index contributed by atoms with van der Waals surface area (Å²) in [4.78, 5) is 16.4. The molecular formula is C16H15F3N2O5S. The first-order valence-electron chi connectivity index (χ1n) is 7.42. The fourth-order valence-corrected chi connectivity index (χ4v) is 2.67. The van der Waals surface area contributed by atoms with Crippen molar-refractivity contribution < 1.29 is 36.3 Å². The summed E-state index contributed by atoms with van der Waals surface area (Å²) in [6.07, 6.45) is 0.885. The summed E-state index contributed by atoms with van der Waals surface area (Å²) in [6.45, 7) is -0.624. The van der Waals surface area contributed by atoms with Crippen molar-refractivity contribution in [3.05, 3.63) is 53.3 Å². The van der Waals surface area contributed by atoms with E-state index in [4.69, 9.17) is 5.11 Å². The van der Waals surface area contributed by atoms with Crippen LogP contribution in [-0.2, 0) is 14.7 Å². The number of halogens is 3. The zero-order valence-electron chi connectivity index (χ0n) is 13.9. The molecule has 0 aliphatic carbocycles. The molecule has 1 amide bonds. The van der Waals surface area contributed by atoms with Gasteiger partial charge >= 0.3 is 0 Å². The highest BCUT2D eigenvalue weighted by molar-refractivity contribution is 7.90. The lowest BCUT2D eigenvalue weighted by Gasteiger charge is -2.14. The van der Waals surface area contributed by atoms with Gasteiger partial charge in [-0.05, 0) is 30.3 Å². The van der Waals surface area contributed by atoms with E-state index in [-0.39, 0.29) is 23.8 Å². The molecule has 0 radical (unpaired) electrons. The smallest absolute Gasteiger partial charge is 0.277 e. The van der Waals surface area contributed by atoms with Crippen LogP contribution >= 0.6 is 0 Å². The Bertz CT molecular complexity index is 967. The van der Waals surface area contributed by atoms with Crippen molar-refractivity contribution in [2.24, 2.45) is 0 Å². The molecule has 0 aliphatic rings. The minimum atomic E-state index is -3.67. The van der Waals surface area contributed by atoms with E-state index in [1.165, 1.54) is 0 Å². The van der Waals surface area contributed by atoms with Gasteiger partial charge in [-0.1, -0.05) is 0 Å². The average Bonchev–Trinajstić information content (AvgIpc) is 2.59. The highest BCUT2D eigenvalue weighted by atomic mass is 32.2. The van der Waals surface area contributed by atoms with Crippen molar-refractivity contribution >= 4 is 27.1 Å². The first kappa shape index (κ1) is 20.7. The highest BCUT2D eigenvalue weighted by Crippen LogP contribution is 2.29. The van der Waals surface area contributed by atoms with E-state index in [1.807, 2.05) is 5.48 Å². The number of sulfone groups is 1. The summed E-state index contributed by atoms with van der Waals surface area (Å²) in [5.41, 5.74) is 0.459. The topological polar surface area (TPSA) is 105 Å². The van der Waals surface area contributed by atoms with Crippen LogP contribution in [0.1, 0.15) is 10.4 Å². The van der Waals surface area contributed by atoms with Gasteiger partial charge in [-0.3, -0.25) is 9.63 Å². The molecule has 0 aliphatic heterocycles. The third-order valence-corrected chi connectivity index (χ3v) is 4.44. The molecule has 27 heavy (non-hydrogen) atoms. The minimum absolute atomic E-state index is 0.236. The van der Waals surface area contributed by atoms with Crippen molar-refractivity contribution in [3.8, 4) is 0 Å². The molecule has 0 spiro atoms. The zero-order chi connectivity index (χ0) is 20.2. The van der Waals surface area contributed by atoms with Gasteiger partial charge in [-0.15, -0.1) is 0 Å². The molecule has 11 heteroatoms. The molecule has 0 aromatic heterocycles. The SMILES string of the molecule is CS(=O)(=O)c1ccc(Nc2c(C(=O)NOCCO)ccc(F)c2F)c(F)c1. The molecule has 7 nitrogen and oxygen atoms in total. The molecule has 2 aromatic rings. The minimum Gasteiger partial charge on any atom is -0.394 e. The molecule has 0 atom stereocenters. The molecule has 0 unspecified atom stereocenters. The van der Waals surface area contributed by atoms with Crippen molar-refractivity contribution in [1.29, 1.82) is 0 Å². The summed E-state index contributed by atoms with van der Waals surface area (Å²) in [6, 6.07) is 4.44. The lowest BCUT2D eigenvalue weighted by atomic mass is 10.1. The van der Waals surface area contributed by atoms with Crippen LogP contribution in [0, 0.1) is 17.5 Å². The van der Waals surface area contributed by atoms with Crippen LogP contribution in [0.4, 0.5) is 24.5 Å². The predicted molar refractivity (Wildman–Crippen MR) is 89.7 cm³/mol. The molecule has 2 rings (SSSR count). The van der Waals surface area contributed by atoms with Gasteiger partial charge in [0, 0.05) is 6.26 Å². The third-order valence-electron chi connectivity index (χ3n) is 3.33. The molecule has 3 N–H and O–H groups in total. The highest BCUT2D eigenvalue weighted by Gasteiger charge is 2.21. The molecular weight excluding hydrogens is 389 g/mol. The summed E-state index contributed by atoms with van der Waals surface area (Å²) in [5.74, 6) is -4.77. The molecule has 0 saturated carbocycles. The van der Waals surface area contributed by atoms with Gasteiger partial charge < -0.3 is 10.4 Å². The Hall–Kier alpha value is -2.63. The second kappa shape index (κ2) is 8.37. The van der Waals surface area contributed by atoms with Crippen LogP contribution in [-0.4, -0.2) is 38.9 Å². The lowest BCUT2D eigenvalue weighted by Crippen LogP contribution is -2.26. The van der Waals surface area contributed by atoms with Crippen LogP contribution in [0.3, 0.4) is 0 Å².